The van der Waals surface area contributed by atoms with E-state index < -0.39 is 0 Å². The van der Waals surface area contributed by atoms with Crippen molar-refractivity contribution in [2.24, 2.45) is 5.92 Å². The molecule has 0 amide bonds. The molecule has 1 fully saturated rings. The fraction of sp³-hybridized carbons (Fsp3) is 0.733. The Morgan fingerprint density at radius 3 is 3.10 bits per heavy atom. The Balaban J connectivity index is 1.77. The lowest BCUT2D eigenvalue weighted by Crippen LogP contribution is -2.26. The minimum absolute atomic E-state index is 0.439. The average Bonchev–Trinajstić information content (AvgIpc) is 2.91. The summed E-state index contributed by atoms with van der Waals surface area (Å²) >= 11 is 0. The molecule has 1 saturated heterocycles. The molecule has 112 valence electrons. The van der Waals surface area contributed by atoms with Gasteiger partial charge in [-0.3, -0.25) is 0 Å². The standard InChI is InChI=1S/C15H26N4O/c1-12(2)14-4-6-16-15(18-14)17-10-13-5-7-19(11-13)8-9-20-3/h4,6,12-13H,5,7-11H2,1-3H3,(H,16,17,18). The van der Waals surface area contributed by atoms with Gasteiger partial charge in [0.05, 0.1) is 6.61 Å². The zero-order valence-corrected chi connectivity index (χ0v) is 12.8. The van der Waals surface area contributed by atoms with E-state index in [1.807, 2.05) is 12.3 Å². The van der Waals surface area contributed by atoms with Crippen LogP contribution in [0.4, 0.5) is 5.95 Å². The van der Waals surface area contributed by atoms with Gasteiger partial charge in [-0.2, -0.15) is 0 Å². The maximum absolute atomic E-state index is 5.13. The predicted molar refractivity (Wildman–Crippen MR) is 81.0 cm³/mol. The van der Waals surface area contributed by atoms with E-state index in [-0.39, 0.29) is 0 Å². The molecule has 1 atom stereocenters. The van der Waals surface area contributed by atoms with Gasteiger partial charge in [-0.15, -0.1) is 0 Å². The second-order valence-electron chi connectivity index (χ2n) is 5.79. The number of likely N-dealkylation sites (tertiary alicyclic amines) is 1. The molecule has 0 spiro atoms. The van der Waals surface area contributed by atoms with Crippen LogP contribution >= 0.6 is 0 Å². The molecule has 1 aliphatic rings. The highest BCUT2D eigenvalue weighted by Crippen LogP contribution is 2.17. The lowest BCUT2D eigenvalue weighted by Gasteiger charge is -2.15. The average molecular weight is 278 g/mol. The van der Waals surface area contributed by atoms with E-state index in [2.05, 4.69) is 34.0 Å². The van der Waals surface area contributed by atoms with Crippen molar-refractivity contribution in [1.29, 1.82) is 0 Å². The van der Waals surface area contributed by atoms with Gasteiger partial charge in [-0.25, -0.2) is 9.97 Å². The summed E-state index contributed by atoms with van der Waals surface area (Å²) in [5.41, 5.74) is 1.09. The zero-order valence-electron chi connectivity index (χ0n) is 12.8. The third-order valence-corrected chi connectivity index (χ3v) is 3.80. The summed E-state index contributed by atoms with van der Waals surface area (Å²) in [7, 11) is 1.76. The van der Waals surface area contributed by atoms with Crippen LogP contribution in [0.5, 0.6) is 0 Å². The van der Waals surface area contributed by atoms with E-state index in [0.717, 1.165) is 37.9 Å². The molecule has 0 aromatic carbocycles. The van der Waals surface area contributed by atoms with Crippen LogP contribution in [0.1, 0.15) is 31.9 Å². The van der Waals surface area contributed by atoms with Gasteiger partial charge in [-0.1, -0.05) is 13.8 Å². The summed E-state index contributed by atoms with van der Waals surface area (Å²) in [6.45, 7) is 9.41. The smallest absolute Gasteiger partial charge is 0.222 e. The molecule has 0 saturated carbocycles. The van der Waals surface area contributed by atoms with Gasteiger partial charge >= 0.3 is 0 Å². The first-order valence-electron chi connectivity index (χ1n) is 7.47. The first kappa shape index (κ1) is 15.2. The summed E-state index contributed by atoms with van der Waals surface area (Å²) in [5.74, 6) is 1.87. The fourth-order valence-corrected chi connectivity index (χ4v) is 2.52. The van der Waals surface area contributed by atoms with Gasteiger partial charge < -0.3 is 15.0 Å². The molecule has 1 aromatic rings. The topological polar surface area (TPSA) is 50.3 Å². The molecule has 5 nitrogen and oxygen atoms in total. The third kappa shape index (κ3) is 4.42. The van der Waals surface area contributed by atoms with Gasteiger partial charge in [0, 0.05) is 38.6 Å². The summed E-state index contributed by atoms with van der Waals surface area (Å²) in [6, 6.07) is 1.98. The lowest BCUT2D eigenvalue weighted by molar-refractivity contribution is 0.159. The van der Waals surface area contributed by atoms with Crippen LogP contribution in [-0.4, -0.2) is 54.8 Å². The van der Waals surface area contributed by atoms with Crippen LogP contribution < -0.4 is 5.32 Å². The molecule has 20 heavy (non-hydrogen) atoms. The van der Waals surface area contributed by atoms with Crippen LogP contribution in [-0.2, 0) is 4.74 Å². The maximum Gasteiger partial charge on any atom is 0.222 e. The Bertz CT molecular complexity index is 411. The zero-order chi connectivity index (χ0) is 14.4. The summed E-state index contributed by atoms with van der Waals surface area (Å²) in [6.07, 6.45) is 3.07. The number of nitrogens with zero attached hydrogens (tertiary/aromatic N) is 3. The molecule has 0 aliphatic carbocycles. The van der Waals surface area contributed by atoms with Crippen LogP contribution in [0, 0.1) is 5.92 Å². The SMILES string of the molecule is COCCN1CCC(CNc2nccc(C(C)C)n2)C1. The highest BCUT2D eigenvalue weighted by Gasteiger charge is 2.21. The van der Waals surface area contributed by atoms with Crippen molar-refractivity contribution in [3.8, 4) is 0 Å². The Morgan fingerprint density at radius 1 is 1.50 bits per heavy atom. The van der Waals surface area contributed by atoms with Crippen molar-refractivity contribution in [2.75, 3.05) is 45.2 Å². The summed E-state index contributed by atoms with van der Waals surface area (Å²) < 4.78 is 5.13. The summed E-state index contributed by atoms with van der Waals surface area (Å²) in [5, 5.41) is 3.38. The molecule has 1 aromatic heterocycles. The maximum atomic E-state index is 5.13. The van der Waals surface area contributed by atoms with Crippen LogP contribution in [0.3, 0.4) is 0 Å². The number of nitrogens with one attached hydrogen (secondary N) is 1. The van der Waals surface area contributed by atoms with E-state index in [4.69, 9.17) is 4.74 Å². The molecule has 1 unspecified atom stereocenters. The van der Waals surface area contributed by atoms with Crippen molar-refractivity contribution in [3.63, 3.8) is 0 Å². The molecular weight excluding hydrogens is 252 g/mol. The molecule has 1 N–H and O–H groups in total. The van der Waals surface area contributed by atoms with Crippen molar-refractivity contribution in [1.82, 2.24) is 14.9 Å². The van der Waals surface area contributed by atoms with Crippen molar-refractivity contribution in [3.05, 3.63) is 18.0 Å². The third-order valence-electron chi connectivity index (χ3n) is 3.80. The minimum Gasteiger partial charge on any atom is -0.383 e. The van der Waals surface area contributed by atoms with E-state index in [1.54, 1.807) is 7.11 Å². The van der Waals surface area contributed by atoms with Gasteiger partial charge in [0.15, 0.2) is 0 Å². The van der Waals surface area contributed by atoms with Gasteiger partial charge in [0.1, 0.15) is 0 Å². The number of anilines is 1. The summed E-state index contributed by atoms with van der Waals surface area (Å²) in [4.78, 5) is 11.3. The molecular formula is C15H26N4O. The number of rotatable bonds is 7. The number of hydrogen-bond acceptors (Lipinski definition) is 5. The van der Waals surface area contributed by atoms with Crippen LogP contribution in [0.15, 0.2) is 12.3 Å². The van der Waals surface area contributed by atoms with Gasteiger partial charge in [0.25, 0.3) is 0 Å². The van der Waals surface area contributed by atoms with Crippen LogP contribution in [0.2, 0.25) is 0 Å². The second kappa shape index (κ2) is 7.55. The number of hydrogen-bond donors (Lipinski definition) is 1. The molecule has 0 bridgehead atoms. The van der Waals surface area contributed by atoms with Gasteiger partial charge in [0.2, 0.25) is 5.95 Å². The van der Waals surface area contributed by atoms with Gasteiger partial charge in [-0.05, 0) is 30.9 Å². The number of aromatic nitrogens is 2. The van der Waals surface area contributed by atoms with Crippen molar-refractivity contribution in [2.45, 2.75) is 26.2 Å². The molecule has 5 heteroatoms. The predicted octanol–water partition coefficient (Wildman–Crippen LogP) is 1.98. The van der Waals surface area contributed by atoms with E-state index in [9.17, 15) is 0 Å². The Kier molecular flexibility index (Phi) is 5.73. The molecule has 2 heterocycles. The van der Waals surface area contributed by atoms with Crippen molar-refractivity contribution >= 4 is 5.95 Å². The van der Waals surface area contributed by atoms with Crippen LogP contribution in [0.25, 0.3) is 0 Å². The number of methoxy groups -OCH3 is 1. The number of ether oxygens (including phenoxy) is 1. The highest BCUT2D eigenvalue weighted by molar-refractivity contribution is 5.26. The van der Waals surface area contributed by atoms with E-state index >= 15 is 0 Å². The van der Waals surface area contributed by atoms with E-state index in [0.29, 0.717) is 11.8 Å². The largest absolute Gasteiger partial charge is 0.383 e. The Hall–Kier alpha value is -1.20. The van der Waals surface area contributed by atoms with Crippen molar-refractivity contribution < 1.29 is 4.74 Å². The Morgan fingerprint density at radius 2 is 2.35 bits per heavy atom. The molecule has 2 rings (SSSR count). The monoisotopic (exact) mass is 278 g/mol. The normalized spacial score (nSPS) is 19.7. The first-order valence-corrected chi connectivity index (χ1v) is 7.47. The highest BCUT2D eigenvalue weighted by atomic mass is 16.5. The Labute approximate surface area is 121 Å². The van der Waals surface area contributed by atoms with E-state index in [1.165, 1.54) is 13.0 Å². The quantitative estimate of drug-likeness (QED) is 0.826. The molecule has 1 aliphatic heterocycles. The minimum atomic E-state index is 0.439. The molecule has 0 radical (unpaired) electrons. The fourth-order valence-electron chi connectivity index (χ4n) is 2.52. The second-order valence-corrected chi connectivity index (χ2v) is 5.79. The lowest BCUT2D eigenvalue weighted by atomic mass is 10.1. The first-order chi connectivity index (χ1) is 9.69.